The summed E-state index contributed by atoms with van der Waals surface area (Å²) in [6, 6.07) is 15.0. The molecule has 0 bridgehead atoms. The molecular weight excluding hydrogens is 340 g/mol. The Balaban J connectivity index is 1.90. The summed E-state index contributed by atoms with van der Waals surface area (Å²) in [5.41, 5.74) is 1.77. The minimum Gasteiger partial charge on any atom is -0.206 e. The Labute approximate surface area is 157 Å². The predicted molar refractivity (Wildman–Crippen MR) is 104 cm³/mol. The third kappa shape index (κ3) is 4.22. The number of aryl methyl sites for hydroxylation is 1. The van der Waals surface area contributed by atoms with Crippen molar-refractivity contribution in [2.45, 2.75) is 19.8 Å². The molecule has 0 saturated carbocycles. The van der Waals surface area contributed by atoms with Gasteiger partial charge in [0.15, 0.2) is 0 Å². The molecule has 0 atom stereocenters. The summed E-state index contributed by atoms with van der Waals surface area (Å²) in [6.45, 7) is 1.99. The molecule has 0 saturated heterocycles. The van der Waals surface area contributed by atoms with E-state index in [4.69, 9.17) is 5.26 Å². The molecule has 3 heteroatoms. The molecule has 0 unspecified atom stereocenters. The molecule has 0 spiro atoms. The van der Waals surface area contributed by atoms with Crippen molar-refractivity contribution >= 4 is 10.8 Å². The first-order chi connectivity index (χ1) is 13.1. The van der Waals surface area contributed by atoms with Crippen molar-refractivity contribution in [3.05, 3.63) is 94.6 Å². The van der Waals surface area contributed by atoms with Gasteiger partial charge in [0, 0.05) is 10.9 Å². The van der Waals surface area contributed by atoms with E-state index < -0.39 is 5.82 Å². The van der Waals surface area contributed by atoms with Crippen LogP contribution in [0.15, 0.2) is 60.7 Å². The van der Waals surface area contributed by atoms with Crippen LogP contribution < -0.4 is 0 Å². The van der Waals surface area contributed by atoms with E-state index >= 15 is 0 Å². The summed E-state index contributed by atoms with van der Waals surface area (Å²) < 4.78 is 28.4. The lowest BCUT2D eigenvalue weighted by Gasteiger charge is -2.05. The summed E-state index contributed by atoms with van der Waals surface area (Å²) >= 11 is 0. The molecule has 0 aliphatic rings. The Hall–Kier alpha value is -3.43. The molecule has 0 fully saturated rings. The van der Waals surface area contributed by atoms with Crippen LogP contribution in [0, 0.1) is 34.8 Å². The predicted octanol–water partition coefficient (Wildman–Crippen LogP) is 5.90. The van der Waals surface area contributed by atoms with E-state index in [0.29, 0.717) is 10.9 Å². The quantitative estimate of drug-likeness (QED) is 0.423. The summed E-state index contributed by atoms with van der Waals surface area (Å²) in [4.78, 5) is 0. The van der Waals surface area contributed by atoms with E-state index in [1.807, 2.05) is 31.2 Å². The monoisotopic (exact) mass is 357 g/mol. The zero-order valence-corrected chi connectivity index (χ0v) is 14.9. The minimum atomic E-state index is -0.631. The van der Waals surface area contributed by atoms with Crippen LogP contribution in [-0.2, 0) is 6.42 Å². The number of benzene rings is 3. The number of halogens is 2. The van der Waals surface area contributed by atoms with Crippen LogP contribution >= 0.6 is 0 Å². The maximum absolute atomic E-state index is 14.8. The summed E-state index contributed by atoms with van der Waals surface area (Å²) in [7, 11) is 0. The Morgan fingerprint density at radius 3 is 2.52 bits per heavy atom. The molecule has 132 valence electrons. The van der Waals surface area contributed by atoms with Crippen molar-refractivity contribution in [1.82, 2.24) is 0 Å². The lowest BCUT2D eigenvalue weighted by Crippen LogP contribution is -1.90. The van der Waals surface area contributed by atoms with Gasteiger partial charge < -0.3 is 0 Å². The molecule has 0 aromatic heterocycles. The third-order valence-corrected chi connectivity index (χ3v) is 4.28. The van der Waals surface area contributed by atoms with E-state index in [1.165, 1.54) is 12.1 Å². The molecule has 1 nitrogen and oxygen atoms in total. The van der Waals surface area contributed by atoms with Gasteiger partial charge in [-0.2, -0.15) is 5.26 Å². The molecule has 0 heterocycles. The smallest absolute Gasteiger partial charge is 0.146 e. The molecule has 0 N–H and O–H groups in total. The van der Waals surface area contributed by atoms with Crippen LogP contribution in [0.3, 0.4) is 0 Å². The Morgan fingerprint density at radius 2 is 1.78 bits per heavy atom. The van der Waals surface area contributed by atoms with Crippen molar-refractivity contribution in [1.29, 1.82) is 5.26 Å². The molecule has 3 aromatic rings. The average Bonchev–Trinajstić information content (AvgIpc) is 2.68. The Kier molecular flexibility index (Phi) is 5.64. The zero-order valence-electron chi connectivity index (χ0n) is 14.9. The van der Waals surface area contributed by atoms with Crippen LogP contribution in [0.4, 0.5) is 8.78 Å². The highest BCUT2D eigenvalue weighted by Crippen LogP contribution is 2.23. The molecule has 3 aromatic carbocycles. The van der Waals surface area contributed by atoms with Gasteiger partial charge in [-0.15, -0.1) is 0 Å². The second-order valence-corrected chi connectivity index (χ2v) is 6.15. The normalized spacial score (nSPS) is 10.6. The van der Waals surface area contributed by atoms with E-state index in [9.17, 15) is 8.78 Å². The van der Waals surface area contributed by atoms with E-state index in [-0.39, 0.29) is 16.9 Å². The van der Waals surface area contributed by atoms with Gasteiger partial charge >= 0.3 is 0 Å². The van der Waals surface area contributed by atoms with Crippen molar-refractivity contribution in [2.75, 3.05) is 0 Å². The maximum Gasteiger partial charge on any atom is 0.146 e. The maximum atomic E-state index is 14.8. The fraction of sp³-hybridized carbons (Fsp3) is 0.125. The van der Waals surface area contributed by atoms with Crippen molar-refractivity contribution in [3.8, 4) is 17.9 Å². The summed E-state index contributed by atoms with van der Waals surface area (Å²) in [6.07, 6.45) is 5.99. The van der Waals surface area contributed by atoms with Crippen molar-refractivity contribution in [2.24, 2.45) is 0 Å². The van der Waals surface area contributed by atoms with Crippen LogP contribution in [0.1, 0.15) is 35.6 Å². The average molecular weight is 357 g/mol. The largest absolute Gasteiger partial charge is 0.206 e. The van der Waals surface area contributed by atoms with Gasteiger partial charge in [0.25, 0.3) is 0 Å². The number of allylic oxidation sites excluding steroid dienone is 2. The van der Waals surface area contributed by atoms with Gasteiger partial charge in [-0.1, -0.05) is 48.3 Å². The minimum absolute atomic E-state index is 0.0392. The van der Waals surface area contributed by atoms with Gasteiger partial charge in [-0.3, -0.25) is 0 Å². The van der Waals surface area contributed by atoms with E-state index in [0.717, 1.165) is 23.8 Å². The second-order valence-electron chi connectivity index (χ2n) is 6.15. The fourth-order valence-electron chi connectivity index (χ4n) is 2.83. The first-order valence-corrected chi connectivity index (χ1v) is 8.66. The topological polar surface area (TPSA) is 23.8 Å². The SMILES string of the molecule is C/C=C/CCc1ccc2c(F)c(C#Cc3ccc(C#N)c(F)c3)ccc2c1. The Morgan fingerprint density at radius 1 is 0.963 bits per heavy atom. The number of fused-ring (bicyclic) bond motifs is 1. The van der Waals surface area contributed by atoms with Crippen LogP contribution in [-0.4, -0.2) is 0 Å². The first-order valence-electron chi connectivity index (χ1n) is 8.66. The molecule has 3 rings (SSSR count). The first kappa shape index (κ1) is 18.4. The van der Waals surface area contributed by atoms with Crippen molar-refractivity contribution in [3.63, 3.8) is 0 Å². The highest BCUT2D eigenvalue weighted by Gasteiger charge is 2.07. The number of rotatable bonds is 3. The van der Waals surface area contributed by atoms with Crippen molar-refractivity contribution < 1.29 is 8.78 Å². The second kappa shape index (κ2) is 8.30. The van der Waals surface area contributed by atoms with Gasteiger partial charge in [-0.05, 0) is 55.0 Å². The lowest BCUT2D eigenvalue weighted by molar-refractivity contribution is 0.623. The van der Waals surface area contributed by atoms with Gasteiger partial charge in [0.2, 0.25) is 0 Å². The zero-order chi connectivity index (χ0) is 19.2. The van der Waals surface area contributed by atoms with Gasteiger partial charge in [0.1, 0.15) is 17.7 Å². The number of hydrogen-bond acceptors (Lipinski definition) is 1. The third-order valence-electron chi connectivity index (χ3n) is 4.28. The highest BCUT2D eigenvalue weighted by molar-refractivity contribution is 5.85. The van der Waals surface area contributed by atoms with Crippen LogP contribution in [0.25, 0.3) is 10.8 Å². The standard InChI is InChI=1S/C24H17F2N/c1-2-3-4-5-17-8-13-22-20(14-17)12-11-19(24(22)26)9-6-18-7-10-21(16-27)23(25)15-18/h2-3,7-8,10-15H,4-5H2,1H3/b3-2+. The summed E-state index contributed by atoms with van der Waals surface area (Å²) in [5, 5.41) is 10.1. The fourth-order valence-corrected chi connectivity index (χ4v) is 2.83. The molecule has 27 heavy (non-hydrogen) atoms. The number of nitrogens with zero attached hydrogens (tertiary/aromatic N) is 1. The highest BCUT2D eigenvalue weighted by atomic mass is 19.1. The Bertz CT molecular complexity index is 1120. The van der Waals surface area contributed by atoms with Crippen LogP contribution in [0.5, 0.6) is 0 Å². The molecule has 0 aliphatic heterocycles. The molecule has 0 radical (unpaired) electrons. The van der Waals surface area contributed by atoms with Crippen LogP contribution in [0.2, 0.25) is 0 Å². The molecule has 0 amide bonds. The number of hydrogen-bond donors (Lipinski definition) is 0. The number of nitriles is 1. The molecule has 0 aliphatic carbocycles. The van der Waals surface area contributed by atoms with E-state index in [1.54, 1.807) is 24.3 Å². The van der Waals surface area contributed by atoms with Gasteiger partial charge in [0.05, 0.1) is 11.1 Å². The lowest BCUT2D eigenvalue weighted by atomic mass is 10.0. The van der Waals surface area contributed by atoms with E-state index in [2.05, 4.69) is 17.9 Å². The summed E-state index contributed by atoms with van der Waals surface area (Å²) in [5.74, 6) is 4.50. The molecular formula is C24H17F2N. The van der Waals surface area contributed by atoms with Gasteiger partial charge in [-0.25, -0.2) is 8.78 Å².